The van der Waals surface area contributed by atoms with Gasteiger partial charge < -0.3 is 11.1 Å². The van der Waals surface area contributed by atoms with Crippen LogP contribution >= 0.6 is 0 Å². The fourth-order valence-electron chi connectivity index (χ4n) is 1.91. The first-order valence-electron chi connectivity index (χ1n) is 5.66. The molecular formula is C12H12FN3O3. The Kier molecular flexibility index (Phi) is 3.57. The van der Waals surface area contributed by atoms with Crippen LogP contribution in [0.2, 0.25) is 0 Å². The number of benzene rings is 1. The molecule has 3 N–H and O–H groups in total. The van der Waals surface area contributed by atoms with Crippen molar-refractivity contribution in [2.75, 3.05) is 5.32 Å². The summed E-state index contributed by atoms with van der Waals surface area (Å²) >= 11 is 0. The molecule has 6 nitrogen and oxygen atoms in total. The number of nitrogens with one attached hydrogen (secondary N) is 1. The van der Waals surface area contributed by atoms with Gasteiger partial charge in [-0.2, -0.15) is 0 Å². The summed E-state index contributed by atoms with van der Waals surface area (Å²) in [6.07, 6.45) is 3.83. The summed E-state index contributed by atoms with van der Waals surface area (Å²) < 4.78 is 13.0. The highest BCUT2D eigenvalue weighted by atomic mass is 19.1. The number of amides is 1. The fraction of sp³-hybridized carbons (Fsp3) is 0.250. The Hall–Kier alpha value is -2.28. The lowest BCUT2D eigenvalue weighted by molar-refractivity contribution is -0.384. The van der Waals surface area contributed by atoms with Gasteiger partial charge in [-0.15, -0.1) is 0 Å². The van der Waals surface area contributed by atoms with Gasteiger partial charge in [-0.1, -0.05) is 12.2 Å². The van der Waals surface area contributed by atoms with E-state index in [1.54, 1.807) is 12.2 Å². The molecule has 0 aromatic heterocycles. The van der Waals surface area contributed by atoms with E-state index in [0.717, 1.165) is 12.1 Å². The Labute approximate surface area is 108 Å². The number of halogens is 1. The minimum atomic E-state index is -0.741. The van der Waals surface area contributed by atoms with Gasteiger partial charge in [0.05, 0.1) is 16.9 Å². The van der Waals surface area contributed by atoms with Crippen LogP contribution in [0.4, 0.5) is 15.8 Å². The van der Waals surface area contributed by atoms with Crippen LogP contribution in [-0.2, 0) is 4.79 Å². The number of nitrogens with two attached hydrogens (primary N) is 1. The van der Waals surface area contributed by atoms with Crippen LogP contribution in [0.25, 0.3) is 0 Å². The number of nitro groups is 1. The van der Waals surface area contributed by atoms with Gasteiger partial charge in [-0.25, -0.2) is 4.39 Å². The smallest absolute Gasteiger partial charge is 0.295 e. The predicted octanol–water partition coefficient (Wildman–Crippen LogP) is 1.58. The molecule has 0 aliphatic heterocycles. The average Bonchev–Trinajstić information content (AvgIpc) is 2.78. The van der Waals surface area contributed by atoms with Gasteiger partial charge in [0, 0.05) is 6.04 Å². The van der Waals surface area contributed by atoms with E-state index in [-0.39, 0.29) is 17.6 Å². The van der Waals surface area contributed by atoms with Gasteiger partial charge in [0.2, 0.25) is 5.91 Å². The quantitative estimate of drug-likeness (QED) is 0.492. The summed E-state index contributed by atoms with van der Waals surface area (Å²) in [5, 5.41) is 13.2. The standard InChI is InChI=1S/C12H12FN3O3/c13-8-2-4-10(11(6-8)16(18)19)15-12(17)7-1-3-9(14)5-7/h1-4,6-7,9H,5,14H2,(H,15,17). The molecule has 0 saturated carbocycles. The molecule has 7 heteroatoms. The van der Waals surface area contributed by atoms with E-state index in [4.69, 9.17) is 5.73 Å². The molecule has 0 spiro atoms. The van der Waals surface area contributed by atoms with Crippen LogP contribution in [0.1, 0.15) is 6.42 Å². The lowest BCUT2D eigenvalue weighted by Crippen LogP contribution is -2.24. The summed E-state index contributed by atoms with van der Waals surface area (Å²) in [6, 6.07) is 2.81. The second-order valence-electron chi connectivity index (χ2n) is 4.30. The minimum Gasteiger partial charge on any atom is -0.324 e. The molecule has 2 atom stereocenters. The third kappa shape index (κ3) is 2.94. The van der Waals surface area contributed by atoms with Crippen LogP contribution < -0.4 is 11.1 Å². The monoisotopic (exact) mass is 265 g/mol. The van der Waals surface area contributed by atoms with Crippen molar-refractivity contribution in [3.05, 3.63) is 46.3 Å². The number of nitro benzene ring substituents is 1. The molecule has 2 rings (SSSR count). The molecule has 1 aromatic rings. The van der Waals surface area contributed by atoms with Crippen LogP contribution in [0.5, 0.6) is 0 Å². The first-order chi connectivity index (χ1) is 8.97. The van der Waals surface area contributed by atoms with E-state index in [9.17, 15) is 19.3 Å². The lowest BCUT2D eigenvalue weighted by Gasteiger charge is -2.10. The fourth-order valence-corrected chi connectivity index (χ4v) is 1.91. The maximum Gasteiger partial charge on any atom is 0.295 e. The summed E-state index contributed by atoms with van der Waals surface area (Å²) in [7, 11) is 0. The first kappa shape index (κ1) is 13.2. The number of anilines is 1. The second-order valence-corrected chi connectivity index (χ2v) is 4.30. The third-order valence-electron chi connectivity index (χ3n) is 2.87. The Morgan fingerprint density at radius 1 is 1.47 bits per heavy atom. The van der Waals surface area contributed by atoms with E-state index in [1.807, 2.05) is 0 Å². The van der Waals surface area contributed by atoms with E-state index < -0.39 is 22.3 Å². The zero-order valence-electron chi connectivity index (χ0n) is 9.88. The summed E-state index contributed by atoms with van der Waals surface area (Å²) in [5.74, 6) is -1.54. The Morgan fingerprint density at radius 2 is 2.21 bits per heavy atom. The van der Waals surface area contributed by atoms with E-state index >= 15 is 0 Å². The van der Waals surface area contributed by atoms with E-state index in [0.29, 0.717) is 6.42 Å². The number of rotatable bonds is 3. The summed E-state index contributed by atoms with van der Waals surface area (Å²) in [6.45, 7) is 0. The Morgan fingerprint density at radius 3 is 2.79 bits per heavy atom. The number of carbonyl (C=O) groups excluding carboxylic acids is 1. The zero-order chi connectivity index (χ0) is 14.0. The SMILES string of the molecule is NC1C=CC(C(=O)Nc2ccc(F)cc2[N+](=O)[O-])C1. The normalized spacial score (nSPS) is 21.4. The highest BCUT2D eigenvalue weighted by molar-refractivity contribution is 5.96. The van der Waals surface area contributed by atoms with Gasteiger partial charge >= 0.3 is 0 Å². The second kappa shape index (κ2) is 5.15. The molecule has 1 aromatic carbocycles. The minimum absolute atomic E-state index is 0.0229. The van der Waals surface area contributed by atoms with Crippen molar-refractivity contribution in [3.63, 3.8) is 0 Å². The molecule has 2 unspecified atom stereocenters. The molecule has 0 heterocycles. The van der Waals surface area contributed by atoms with Crippen molar-refractivity contribution in [2.24, 2.45) is 11.7 Å². The molecule has 100 valence electrons. The number of nitrogens with zero attached hydrogens (tertiary/aromatic N) is 1. The number of hydrogen-bond donors (Lipinski definition) is 2. The highest BCUT2D eigenvalue weighted by Crippen LogP contribution is 2.26. The van der Waals surface area contributed by atoms with Crippen LogP contribution in [0.15, 0.2) is 30.4 Å². The van der Waals surface area contributed by atoms with Crippen molar-refractivity contribution in [1.82, 2.24) is 0 Å². The molecule has 19 heavy (non-hydrogen) atoms. The van der Waals surface area contributed by atoms with E-state index in [2.05, 4.69) is 5.32 Å². The van der Waals surface area contributed by atoms with Crippen LogP contribution in [0, 0.1) is 21.8 Å². The molecular weight excluding hydrogens is 253 g/mol. The number of hydrogen-bond acceptors (Lipinski definition) is 4. The van der Waals surface area contributed by atoms with Crippen molar-refractivity contribution in [1.29, 1.82) is 0 Å². The molecule has 1 aliphatic rings. The topological polar surface area (TPSA) is 98.3 Å². The predicted molar refractivity (Wildman–Crippen MR) is 66.9 cm³/mol. The van der Waals surface area contributed by atoms with Crippen molar-refractivity contribution < 1.29 is 14.1 Å². The number of carbonyl (C=O) groups is 1. The molecule has 0 bridgehead atoms. The molecule has 1 aliphatic carbocycles. The molecule has 0 fully saturated rings. The molecule has 0 saturated heterocycles. The average molecular weight is 265 g/mol. The van der Waals surface area contributed by atoms with Gasteiger partial charge in [-0.3, -0.25) is 14.9 Å². The lowest BCUT2D eigenvalue weighted by atomic mass is 10.1. The van der Waals surface area contributed by atoms with Gasteiger partial charge in [0.15, 0.2) is 0 Å². The van der Waals surface area contributed by atoms with Gasteiger partial charge in [-0.05, 0) is 18.6 Å². The van der Waals surface area contributed by atoms with E-state index in [1.165, 1.54) is 6.07 Å². The van der Waals surface area contributed by atoms with Crippen molar-refractivity contribution in [3.8, 4) is 0 Å². The van der Waals surface area contributed by atoms with Crippen LogP contribution in [-0.4, -0.2) is 16.9 Å². The highest BCUT2D eigenvalue weighted by Gasteiger charge is 2.25. The van der Waals surface area contributed by atoms with Gasteiger partial charge in [0.25, 0.3) is 5.69 Å². The first-order valence-corrected chi connectivity index (χ1v) is 5.66. The maximum atomic E-state index is 13.0. The summed E-state index contributed by atoms with van der Waals surface area (Å²) in [4.78, 5) is 21.9. The largest absolute Gasteiger partial charge is 0.324 e. The summed E-state index contributed by atoms with van der Waals surface area (Å²) in [5.41, 5.74) is 5.13. The maximum absolute atomic E-state index is 13.0. The molecule has 1 amide bonds. The van der Waals surface area contributed by atoms with Crippen molar-refractivity contribution >= 4 is 17.3 Å². The Balaban J connectivity index is 2.17. The van der Waals surface area contributed by atoms with Gasteiger partial charge in [0.1, 0.15) is 11.5 Å². The Bertz CT molecular complexity index is 559. The third-order valence-corrected chi connectivity index (χ3v) is 2.87. The molecule has 0 radical (unpaired) electrons. The van der Waals surface area contributed by atoms with Crippen molar-refractivity contribution in [2.45, 2.75) is 12.5 Å². The zero-order valence-corrected chi connectivity index (χ0v) is 9.88. The van der Waals surface area contributed by atoms with Crippen LogP contribution in [0.3, 0.4) is 0 Å².